The summed E-state index contributed by atoms with van der Waals surface area (Å²) < 4.78 is 26.2. The number of benzene rings is 2. The molecule has 0 fully saturated rings. The van der Waals surface area contributed by atoms with E-state index in [9.17, 15) is 18.3 Å². The molecule has 2 aromatic carbocycles. The number of aromatic hydroxyl groups is 1. The summed E-state index contributed by atoms with van der Waals surface area (Å²) in [6.07, 6.45) is 1.02. The third kappa shape index (κ3) is 4.07. The zero-order chi connectivity index (χ0) is 20.5. The van der Waals surface area contributed by atoms with E-state index in [-0.39, 0.29) is 11.6 Å². The van der Waals surface area contributed by atoms with E-state index >= 15 is 0 Å². The van der Waals surface area contributed by atoms with E-state index in [0.717, 1.165) is 15.0 Å². The lowest BCUT2D eigenvalue weighted by Gasteiger charge is -2.26. The van der Waals surface area contributed by atoms with Crippen LogP contribution in [0.2, 0.25) is 0 Å². The van der Waals surface area contributed by atoms with Crippen LogP contribution in [-0.4, -0.2) is 36.7 Å². The number of anilines is 1. The van der Waals surface area contributed by atoms with Gasteiger partial charge in [0.15, 0.2) is 5.69 Å². The highest BCUT2D eigenvalue weighted by Crippen LogP contribution is 2.37. The van der Waals surface area contributed by atoms with Crippen LogP contribution in [0.3, 0.4) is 0 Å². The summed E-state index contributed by atoms with van der Waals surface area (Å²) in [5.41, 5.74) is 1.07. The van der Waals surface area contributed by atoms with E-state index in [0.29, 0.717) is 16.6 Å². The van der Waals surface area contributed by atoms with Crippen LogP contribution >= 0.6 is 15.9 Å². The van der Waals surface area contributed by atoms with Crippen LogP contribution in [0, 0.1) is 0 Å². The summed E-state index contributed by atoms with van der Waals surface area (Å²) in [6, 6.07) is 12.4. The van der Waals surface area contributed by atoms with Gasteiger partial charge in [-0.05, 0) is 37.3 Å². The van der Waals surface area contributed by atoms with Gasteiger partial charge < -0.3 is 10.1 Å². The maximum absolute atomic E-state index is 12.5. The summed E-state index contributed by atoms with van der Waals surface area (Å²) in [5, 5.41) is 18.1. The lowest BCUT2D eigenvalue weighted by molar-refractivity contribution is -0.119. The number of amides is 1. The number of hydrogen-bond donors (Lipinski definition) is 2. The van der Waals surface area contributed by atoms with Crippen molar-refractivity contribution < 1.29 is 18.3 Å². The molecule has 0 spiro atoms. The summed E-state index contributed by atoms with van der Waals surface area (Å²) in [4.78, 5) is 15.3. The molecule has 2 N–H and O–H groups in total. The minimum atomic E-state index is -3.73. The van der Waals surface area contributed by atoms with Crippen molar-refractivity contribution in [3.8, 4) is 5.88 Å². The van der Waals surface area contributed by atoms with Crippen molar-refractivity contribution in [2.24, 2.45) is 10.2 Å². The molecule has 0 saturated carbocycles. The number of hydrogen-bond acceptors (Lipinski definition) is 5. The maximum Gasteiger partial charge on any atom is 0.287 e. The molecule has 0 saturated heterocycles. The first-order valence-electron chi connectivity index (χ1n) is 8.18. The fourth-order valence-electron chi connectivity index (χ4n) is 2.80. The topological polar surface area (TPSA) is 115 Å². The second kappa shape index (κ2) is 7.72. The van der Waals surface area contributed by atoms with E-state index in [1.807, 2.05) is 0 Å². The summed E-state index contributed by atoms with van der Waals surface area (Å²) in [5.74, 6) is -1.00. The molecule has 1 amide bonds. The first-order chi connectivity index (χ1) is 13.2. The Bertz CT molecular complexity index is 1160. The Morgan fingerprint density at radius 3 is 2.54 bits per heavy atom. The standard InChI is InChI=1S/C18H17BrN4O4S/c1-11(23(28(2,26)27)13-6-4-3-5-7-13)17(24)22-21-16-14-10-12(19)8-9-15(14)20-18(16)25/h3-11,20,25H,1-2H3/t11-/m1/s1. The molecule has 8 nitrogen and oxygen atoms in total. The number of aromatic nitrogens is 1. The molecule has 3 aromatic rings. The number of carbonyl (C=O) groups is 1. The Kier molecular flexibility index (Phi) is 5.52. The minimum Gasteiger partial charge on any atom is -0.493 e. The molecule has 0 unspecified atom stereocenters. The molecule has 0 aliphatic rings. The molecule has 0 bridgehead atoms. The highest BCUT2D eigenvalue weighted by atomic mass is 79.9. The summed E-state index contributed by atoms with van der Waals surface area (Å²) >= 11 is 3.34. The fourth-order valence-corrected chi connectivity index (χ4v) is 4.33. The molecule has 10 heteroatoms. The van der Waals surface area contributed by atoms with Crippen LogP contribution in [0.4, 0.5) is 11.4 Å². The Hall–Kier alpha value is -2.72. The molecular weight excluding hydrogens is 448 g/mol. The fraction of sp³-hybridized carbons (Fsp3) is 0.167. The molecule has 0 aliphatic carbocycles. The number of rotatable bonds is 5. The van der Waals surface area contributed by atoms with Gasteiger partial charge in [0.05, 0.1) is 17.5 Å². The van der Waals surface area contributed by atoms with Gasteiger partial charge in [0.2, 0.25) is 15.9 Å². The zero-order valence-corrected chi connectivity index (χ0v) is 17.4. The molecular formula is C18H17BrN4O4S. The van der Waals surface area contributed by atoms with Crippen LogP contribution in [-0.2, 0) is 14.8 Å². The highest BCUT2D eigenvalue weighted by molar-refractivity contribution is 9.10. The molecule has 146 valence electrons. The Balaban J connectivity index is 1.93. The Labute approximate surface area is 170 Å². The van der Waals surface area contributed by atoms with E-state index in [1.165, 1.54) is 6.92 Å². The van der Waals surface area contributed by atoms with Gasteiger partial charge in [-0.3, -0.25) is 9.10 Å². The number of carbonyl (C=O) groups excluding carboxylic acids is 1. The first-order valence-corrected chi connectivity index (χ1v) is 10.8. The SMILES string of the molecule is C[C@H](C(=O)N=Nc1c(O)[nH]c2ccc(Br)cc12)N(c1ccccc1)S(C)(=O)=O. The number of para-hydroxylation sites is 1. The number of nitrogens with one attached hydrogen (secondary N) is 1. The molecule has 1 aromatic heterocycles. The van der Waals surface area contributed by atoms with Crippen LogP contribution in [0.5, 0.6) is 5.88 Å². The third-order valence-electron chi connectivity index (χ3n) is 4.04. The van der Waals surface area contributed by atoms with Gasteiger partial charge in [0.25, 0.3) is 5.91 Å². The van der Waals surface area contributed by atoms with Crippen molar-refractivity contribution in [1.82, 2.24) is 4.98 Å². The molecule has 0 aliphatic heterocycles. The molecule has 3 rings (SSSR count). The Morgan fingerprint density at radius 2 is 1.89 bits per heavy atom. The molecule has 28 heavy (non-hydrogen) atoms. The number of halogens is 1. The van der Waals surface area contributed by atoms with E-state index in [4.69, 9.17) is 0 Å². The second-order valence-electron chi connectivity index (χ2n) is 6.12. The first kappa shape index (κ1) is 20.0. The van der Waals surface area contributed by atoms with Gasteiger partial charge in [-0.15, -0.1) is 10.2 Å². The van der Waals surface area contributed by atoms with E-state index < -0.39 is 22.0 Å². The monoisotopic (exact) mass is 464 g/mol. The number of fused-ring (bicyclic) bond motifs is 1. The van der Waals surface area contributed by atoms with Crippen LogP contribution in [0.25, 0.3) is 10.9 Å². The van der Waals surface area contributed by atoms with Gasteiger partial charge in [-0.2, -0.15) is 0 Å². The van der Waals surface area contributed by atoms with Gasteiger partial charge in [0.1, 0.15) is 6.04 Å². The predicted molar refractivity (Wildman–Crippen MR) is 110 cm³/mol. The van der Waals surface area contributed by atoms with E-state index in [1.54, 1.807) is 48.5 Å². The summed E-state index contributed by atoms with van der Waals surface area (Å²) in [7, 11) is -3.73. The predicted octanol–water partition coefficient (Wildman–Crippen LogP) is 4.10. The van der Waals surface area contributed by atoms with Crippen molar-refractivity contribution >= 4 is 54.1 Å². The second-order valence-corrected chi connectivity index (χ2v) is 8.90. The number of aromatic amines is 1. The zero-order valence-electron chi connectivity index (χ0n) is 15.0. The Morgan fingerprint density at radius 1 is 1.21 bits per heavy atom. The minimum absolute atomic E-state index is 0.0995. The number of H-pyrrole nitrogens is 1. The maximum atomic E-state index is 12.5. The van der Waals surface area contributed by atoms with Gasteiger partial charge in [-0.1, -0.05) is 34.1 Å². The largest absolute Gasteiger partial charge is 0.493 e. The van der Waals surface area contributed by atoms with Gasteiger partial charge in [-0.25, -0.2) is 8.42 Å². The summed E-state index contributed by atoms with van der Waals surface area (Å²) in [6.45, 7) is 1.43. The van der Waals surface area contributed by atoms with Crippen molar-refractivity contribution in [3.63, 3.8) is 0 Å². The number of nitrogens with zero attached hydrogens (tertiary/aromatic N) is 3. The van der Waals surface area contributed by atoms with E-state index in [2.05, 4.69) is 31.1 Å². The lowest BCUT2D eigenvalue weighted by Crippen LogP contribution is -2.42. The molecule has 1 atom stereocenters. The van der Waals surface area contributed by atoms with Crippen LogP contribution < -0.4 is 4.31 Å². The van der Waals surface area contributed by atoms with Crippen LogP contribution in [0.15, 0.2) is 63.2 Å². The van der Waals surface area contributed by atoms with Crippen LogP contribution in [0.1, 0.15) is 6.92 Å². The van der Waals surface area contributed by atoms with Crippen molar-refractivity contribution in [2.75, 3.05) is 10.6 Å². The highest BCUT2D eigenvalue weighted by Gasteiger charge is 2.29. The normalized spacial score (nSPS) is 13.1. The van der Waals surface area contributed by atoms with Crippen molar-refractivity contribution in [2.45, 2.75) is 13.0 Å². The van der Waals surface area contributed by atoms with Crippen molar-refractivity contribution in [3.05, 3.63) is 53.0 Å². The molecule has 1 heterocycles. The lowest BCUT2D eigenvalue weighted by atomic mass is 10.2. The van der Waals surface area contributed by atoms with Gasteiger partial charge in [0, 0.05) is 9.86 Å². The average Bonchev–Trinajstić information content (AvgIpc) is 2.94. The van der Waals surface area contributed by atoms with Gasteiger partial charge >= 0.3 is 0 Å². The quantitative estimate of drug-likeness (QED) is 0.552. The molecule has 0 radical (unpaired) electrons. The number of sulfonamides is 1. The van der Waals surface area contributed by atoms with Crippen molar-refractivity contribution in [1.29, 1.82) is 0 Å². The smallest absolute Gasteiger partial charge is 0.287 e. The third-order valence-corrected chi connectivity index (χ3v) is 5.77. The average molecular weight is 465 g/mol. The number of azo groups is 1.